The molecule has 106 valence electrons. The van der Waals surface area contributed by atoms with Gasteiger partial charge in [-0.15, -0.1) is 0 Å². The van der Waals surface area contributed by atoms with Crippen LogP contribution >= 0.6 is 0 Å². The van der Waals surface area contributed by atoms with Crippen molar-refractivity contribution in [2.75, 3.05) is 13.9 Å². The largest absolute Gasteiger partial charge is 0.505 e. The molecular formula is C11H9NO7S. The summed E-state index contributed by atoms with van der Waals surface area (Å²) in [6.45, 7) is -0.0416. The van der Waals surface area contributed by atoms with E-state index in [-0.39, 0.29) is 28.8 Å². The molecule has 0 radical (unpaired) electrons. The van der Waals surface area contributed by atoms with Gasteiger partial charge in [-0.3, -0.25) is 4.72 Å². The lowest BCUT2D eigenvalue weighted by molar-refractivity contribution is -0.136. The smallest absolute Gasteiger partial charge is 0.359 e. The minimum atomic E-state index is -4.01. The Balaban J connectivity index is 2.28. The van der Waals surface area contributed by atoms with Crippen LogP contribution in [0.4, 0.5) is 0 Å². The van der Waals surface area contributed by atoms with E-state index in [9.17, 15) is 18.3 Å². The van der Waals surface area contributed by atoms with Gasteiger partial charge in [0, 0.05) is 11.6 Å². The van der Waals surface area contributed by atoms with Crippen molar-refractivity contribution >= 4 is 21.8 Å². The molecule has 2 N–H and O–H groups in total. The number of fused-ring (bicyclic) bond motifs is 2. The molecular weight excluding hydrogens is 290 g/mol. The second kappa shape index (κ2) is 4.04. The number of sulfonamides is 1. The number of hydrogen-bond donors (Lipinski definition) is 2. The maximum atomic E-state index is 12.1. The number of benzene rings is 1. The number of rotatable bonds is 1. The number of carbonyl (C=O) groups is 1. The highest BCUT2D eigenvalue weighted by molar-refractivity contribution is 7.89. The van der Waals surface area contributed by atoms with Gasteiger partial charge in [0.2, 0.25) is 6.79 Å². The van der Waals surface area contributed by atoms with Crippen molar-refractivity contribution in [3.05, 3.63) is 23.4 Å². The Labute approximate surface area is 113 Å². The van der Waals surface area contributed by atoms with Gasteiger partial charge < -0.3 is 19.3 Å². The van der Waals surface area contributed by atoms with Gasteiger partial charge in [0.15, 0.2) is 23.0 Å². The molecule has 0 spiro atoms. The van der Waals surface area contributed by atoms with Crippen molar-refractivity contribution in [1.82, 2.24) is 4.72 Å². The molecule has 0 saturated carbocycles. The van der Waals surface area contributed by atoms with Crippen LogP contribution in [-0.4, -0.2) is 33.4 Å². The van der Waals surface area contributed by atoms with Gasteiger partial charge in [-0.2, -0.15) is 0 Å². The van der Waals surface area contributed by atoms with Crippen molar-refractivity contribution in [3.8, 4) is 11.5 Å². The maximum Gasteiger partial charge on any atom is 0.359 e. The zero-order valence-corrected chi connectivity index (χ0v) is 11.0. The molecule has 8 nitrogen and oxygen atoms in total. The number of esters is 1. The third-order valence-corrected chi connectivity index (χ3v) is 4.27. The summed E-state index contributed by atoms with van der Waals surface area (Å²) in [4.78, 5) is 11.3. The molecule has 2 aliphatic heterocycles. The summed E-state index contributed by atoms with van der Waals surface area (Å²) in [5.41, 5.74) is -0.590. The number of ether oxygens (including phenoxy) is 3. The monoisotopic (exact) mass is 299 g/mol. The normalized spacial score (nSPS) is 18.2. The number of aliphatic hydroxyl groups excluding tert-OH is 1. The third kappa shape index (κ3) is 1.67. The number of nitrogens with one attached hydrogen (secondary N) is 1. The molecule has 9 heteroatoms. The van der Waals surface area contributed by atoms with E-state index < -0.39 is 27.4 Å². The van der Waals surface area contributed by atoms with E-state index in [4.69, 9.17) is 9.47 Å². The lowest BCUT2D eigenvalue weighted by Crippen LogP contribution is -2.33. The molecule has 0 fully saturated rings. The predicted molar refractivity (Wildman–Crippen MR) is 64.5 cm³/mol. The van der Waals surface area contributed by atoms with Crippen molar-refractivity contribution < 1.29 is 32.5 Å². The first-order chi connectivity index (χ1) is 9.44. The fraction of sp³-hybridized carbons (Fsp3) is 0.182. The minimum Gasteiger partial charge on any atom is -0.505 e. The minimum absolute atomic E-state index is 0.0416. The average molecular weight is 299 g/mol. The van der Waals surface area contributed by atoms with E-state index in [2.05, 4.69) is 4.74 Å². The summed E-state index contributed by atoms with van der Waals surface area (Å²) in [6, 6.07) is 2.53. The van der Waals surface area contributed by atoms with E-state index in [1.165, 1.54) is 12.1 Å². The fourth-order valence-corrected chi connectivity index (χ4v) is 3.21. The first kappa shape index (κ1) is 12.6. The SMILES string of the molecule is COC(=O)C1=C(O)c2cc3c(cc2S(=O)(=O)N1)OCO3. The van der Waals surface area contributed by atoms with Crippen molar-refractivity contribution in [1.29, 1.82) is 0 Å². The van der Waals surface area contributed by atoms with Crippen LogP contribution in [0.3, 0.4) is 0 Å². The summed E-state index contributed by atoms with van der Waals surface area (Å²) in [5.74, 6) is -0.977. The van der Waals surface area contributed by atoms with Gasteiger partial charge in [0.05, 0.1) is 7.11 Å². The molecule has 1 aromatic rings. The molecule has 0 unspecified atom stereocenters. The summed E-state index contributed by atoms with van der Waals surface area (Å²) < 4.78 is 40.8. The molecule has 0 saturated heterocycles. The summed E-state index contributed by atoms with van der Waals surface area (Å²) >= 11 is 0. The Morgan fingerprint density at radius 3 is 2.65 bits per heavy atom. The molecule has 0 aliphatic carbocycles. The first-order valence-corrected chi connectivity index (χ1v) is 6.91. The Hall–Kier alpha value is -2.42. The van der Waals surface area contributed by atoms with Crippen LogP contribution < -0.4 is 14.2 Å². The average Bonchev–Trinajstić information content (AvgIpc) is 2.88. The van der Waals surface area contributed by atoms with Gasteiger partial charge in [-0.1, -0.05) is 0 Å². The van der Waals surface area contributed by atoms with Crippen LogP contribution in [0.1, 0.15) is 5.56 Å². The lowest BCUT2D eigenvalue weighted by atomic mass is 10.1. The highest BCUT2D eigenvalue weighted by Crippen LogP contribution is 2.40. The lowest BCUT2D eigenvalue weighted by Gasteiger charge is -2.20. The highest BCUT2D eigenvalue weighted by Gasteiger charge is 2.35. The van der Waals surface area contributed by atoms with E-state index in [1.54, 1.807) is 0 Å². The standard InChI is InChI=1S/C11H9NO7S/c1-17-11(14)9-10(13)5-2-6-7(19-4-18-6)3-8(5)20(15,16)12-9/h2-3,12-13H,4H2,1H3. The second-order valence-electron chi connectivity index (χ2n) is 4.02. The van der Waals surface area contributed by atoms with E-state index in [1.807, 2.05) is 4.72 Å². The topological polar surface area (TPSA) is 111 Å². The van der Waals surface area contributed by atoms with Crippen LogP contribution in [-0.2, 0) is 19.6 Å². The van der Waals surface area contributed by atoms with Gasteiger partial charge in [-0.25, -0.2) is 13.2 Å². The van der Waals surface area contributed by atoms with E-state index in [0.29, 0.717) is 0 Å². The molecule has 3 rings (SSSR count). The van der Waals surface area contributed by atoms with E-state index >= 15 is 0 Å². The molecule has 0 bridgehead atoms. The molecule has 20 heavy (non-hydrogen) atoms. The number of carbonyl (C=O) groups excluding carboxylic acids is 1. The first-order valence-electron chi connectivity index (χ1n) is 5.42. The van der Waals surface area contributed by atoms with Crippen molar-refractivity contribution in [3.63, 3.8) is 0 Å². The van der Waals surface area contributed by atoms with Gasteiger partial charge in [0.1, 0.15) is 4.90 Å². The molecule has 2 heterocycles. The molecule has 0 atom stereocenters. The van der Waals surface area contributed by atoms with Crippen molar-refractivity contribution in [2.45, 2.75) is 4.90 Å². The second-order valence-corrected chi connectivity index (χ2v) is 5.67. The maximum absolute atomic E-state index is 12.1. The van der Waals surface area contributed by atoms with Gasteiger partial charge >= 0.3 is 5.97 Å². The van der Waals surface area contributed by atoms with Crippen LogP contribution in [0.2, 0.25) is 0 Å². The summed E-state index contributed by atoms with van der Waals surface area (Å²) in [5, 5.41) is 10.0. The number of aliphatic hydroxyl groups is 1. The van der Waals surface area contributed by atoms with E-state index in [0.717, 1.165) is 7.11 Å². The zero-order valence-electron chi connectivity index (χ0n) is 10.2. The quantitative estimate of drug-likeness (QED) is 0.708. The predicted octanol–water partition coefficient (Wildman–Crippen LogP) is 0.107. The van der Waals surface area contributed by atoms with Crippen LogP contribution in [0.15, 0.2) is 22.7 Å². The molecule has 2 aliphatic rings. The summed E-state index contributed by atoms with van der Waals surface area (Å²) in [6.07, 6.45) is 0. The Morgan fingerprint density at radius 2 is 2.00 bits per heavy atom. The Bertz CT molecular complexity index is 750. The number of hydrogen-bond acceptors (Lipinski definition) is 7. The Morgan fingerprint density at radius 1 is 1.35 bits per heavy atom. The molecule has 0 amide bonds. The van der Waals surface area contributed by atoms with Gasteiger partial charge in [0.25, 0.3) is 10.0 Å². The van der Waals surface area contributed by atoms with Crippen LogP contribution in [0, 0.1) is 0 Å². The third-order valence-electron chi connectivity index (χ3n) is 2.88. The van der Waals surface area contributed by atoms with Crippen LogP contribution in [0.25, 0.3) is 5.76 Å². The summed E-state index contributed by atoms with van der Waals surface area (Å²) in [7, 11) is -2.93. The fourth-order valence-electron chi connectivity index (χ4n) is 1.94. The van der Waals surface area contributed by atoms with Crippen molar-refractivity contribution in [2.24, 2.45) is 0 Å². The Kier molecular flexibility index (Phi) is 2.54. The number of methoxy groups -OCH3 is 1. The highest BCUT2D eigenvalue weighted by atomic mass is 32.2. The molecule has 1 aromatic carbocycles. The molecule has 0 aromatic heterocycles. The van der Waals surface area contributed by atoms with Gasteiger partial charge in [-0.05, 0) is 6.07 Å². The van der Waals surface area contributed by atoms with Crippen LogP contribution in [0.5, 0.6) is 11.5 Å². The zero-order chi connectivity index (χ0) is 14.5.